The van der Waals surface area contributed by atoms with Crippen LogP contribution in [0.4, 0.5) is 0 Å². The average molecular weight is 331 g/mol. The first-order valence-electron chi connectivity index (χ1n) is 8.44. The first-order chi connectivity index (χ1) is 11.2. The molecule has 1 aliphatic heterocycles. The lowest BCUT2D eigenvalue weighted by atomic mass is 10.1. The second kappa shape index (κ2) is 7.99. The summed E-state index contributed by atoms with van der Waals surface area (Å²) in [4.78, 5) is 14.1. The van der Waals surface area contributed by atoms with Crippen molar-refractivity contribution in [3.05, 3.63) is 46.2 Å². The lowest BCUT2D eigenvalue weighted by Gasteiger charge is -2.27. The third kappa shape index (κ3) is 4.83. The molecule has 124 valence electrons. The number of pyridine rings is 1. The molecule has 0 saturated carbocycles. The normalized spacial score (nSPS) is 19.9. The number of likely N-dealkylation sites (tertiary alicyclic amines) is 1. The van der Waals surface area contributed by atoms with Gasteiger partial charge in [0.15, 0.2) is 0 Å². The largest absolute Gasteiger partial charge is 0.298 e. The molecule has 5 heteroatoms. The molecule has 1 saturated heterocycles. The predicted octanol–water partition coefficient (Wildman–Crippen LogP) is 3.33. The van der Waals surface area contributed by atoms with E-state index in [1.165, 1.54) is 30.8 Å². The maximum absolute atomic E-state index is 4.60. The van der Waals surface area contributed by atoms with Crippen LogP contribution in [0.1, 0.15) is 35.7 Å². The van der Waals surface area contributed by atoms with E-state index >= 15 is 0 Å². The minimum absolute atomic E-state index is 0.653. The zero-order valence-electron chi connectivity index (χ0n) is 14.1. The highest BCUT2D eigenvalue weighted by atomic mass is 32.1. The Morgan fingerprint density at radius 2 is 2.22 bits per heavy atom. The molecule has 1 fully saturated rings. The molecule has 0 bridgehead atoms. The van der Waals surface area contributed by atoms with E-state index in [-0.39, 0.29) is 0 Å². The highest BCUT2D eigenvalue weighted by Crippen LogP contribution is 2.20. The summed E-state index contributed by atoms with van der Waals surface area (Å²) in [5, 5.41) is 3.40. The number of nitrogens with zero attached hydrogens (tertiary/aromatic N) is 4. The molecule has 0 aromatic carbocycles. The van der Waals surface area contributed by atoms with Crippen molar-refractivity contribution in [2.75, 3.05) is 20.1 Å². The molecule has 0 amide bonds. The summed E-state index contributed by atoms with van der Waals surface area (Å²) < 4.78 is 0. The fourth-order valence-electron chi connectivity index (χ4n) is 3.28. The molecule has 2 aromatic rings. The van der Waals surface area contributed by atoms with Gasteiger partial charge in [-0.2, -0.15) is 0 Å². The van der Waals surface area contributed by atoms with Crippen molar-refractivity contribution >= 4 is 11.3 Å². The summed E-state index contributed by atoms with van der Waals surface area (Å²) in [5.74, 6) is 0. The van der Waals surface area contributed by atoms with Crippen molar-refractivity contribution in [1.82, 2.24) is 19.8 Å². The van der Waals surface area contributed by atoms with Crippen molar-refractivity contribution < 1.29 is 0 Å². The van der Waals surface area contributed by atoms with Gasteiger partial charge >= 0.3 is 0 Å². The number of hydrogen-bond acceptors (Lipinski definition) is 5. The lowest BCUT2D eigenvalue weighted by molar-refractivity contribution is 0.204. The summed E-state index contributed by atoms with van der Waals surface area (Å²) >= 11 is 1.79. The van der Waals surface area contributed by atoms with Crippen molar-refractivity contribution in [3.8, 4) is 0 Å². The number of aromatic nitrogens is 2. The van der Waals surface area contributed by atoms with Crippen LogP contribution in [0.3, 0.4) is 0 Å². The molecule has 0 aliphatic carbocycles. The van der Waals surface area contributed by atoms with Gasteiger partial charge in [0.1, 0.15) is 5.01 Å². The van der Waals surface area contributed by atoms with E-state index in [0.717, 1.165) is 31.0 Å². The van der Waals surface area contributed by atoms with E-state index in [1.807, 2.05) is 12.3 Å². The highest BCUT2D eigenvalue weighted by Gasteiger charge is 2.21. The first-order valence-corrected chi connectivity index (χ1v) is 9.32. The highest BCUT2D eigenvalue weighted by molar-refractivity contribution is 7.09. The minimum atomic E-state index is 0.653. The number of rotatable bonds is 5. The molecule has 1 atom stereocenters. The van der Waals surface area contributed by atoms with Gasteiger partial charge in [0.05, 0.1) is 12.2 Å². The van der Waals surface area contributed by atoms with Gasteiger partial charge in [0.2, 0.25) is 0 Å². The van der Waals surface area contributed by atoms with E-state index in [9.17, 15) is 0 Å². The molecule has 0 radical (unpaired) electrons. The molecule has 1 aliphatic rings. The predicted molar refractivity (Wildman–Crippen MR) is 95.5 cm³/mol. The maximum Gasteiger partial charge on any atom is 0.107 e. The Balaban J connectivity index is 1.51. The summed E-state index contributed by atoms with van der Waals surface area (Å²) in [7, 11) is 2.24. The van der Waals surface area contributed by atoms with Crippen LogP contribution in [0.5, 0.6) is 0 Å². The van der Waals surface area contributed by atoms with E-state index in [0.29, 0.717) is 6.04 Å². The molecule has 4 nitrogen and oxygen atoms in total. The molecular weight excluding hydrogens is 304 g/mol. The van der Waals surface area contributed by atoms with E-state index in [2.05, 4.69) is 51.3 Å². The third-order valence-corrected chi connectivity index (χ3v) is 5.53. The zero-order chi connectivity index (χ0) is 16.1. The molecule has 2 aromatic heterocycles. The van der Waals surface area contributed by atoms with Gasteiger partial charge in [-0.25, -0.2) is 4.98 Å². The van der Waals surface area contributed by atoms with Gasteiger partial charge in [-0.05, 0) is 51.9 Å². The Morgan fingerprint density at radius 1 is 1.30 bits per heavy atom. The van der Waals surface area contributed by atoms with Gasteiger partial charge in [-0.1, -0.05) is 6.07 Å². The third-order valence-electron chi connectivity index (χ3n) is 4.58. The average Bonchev–Trinajstić information content (AvgIpc) is 2.82. The fourth-order valence-corrected chi connectivity index (χ4v) is 4.09. The number of aryl methyl sites for hydroxylation is 1. The second-order valence-electron chi connectivity index (χ2n) is 6.48. The Labute approximate surface area is 143 Å². The molecule has 23 heavy (non-hydrogen) atoms. The van der Waals surface area contributed by atoms with Crippen LogP contribution < -0.4 is 0 Å². The van der Waals surface area contributed by atoms with Gasteiger partial charge in [-0.3, -0.25) is 14.8 Å². The SMILES string of the molecule is Cc1csc(CN2CCC[C@@H](N(C)Cc3ccccn3)CC2)n1. The van der Waals surface area contributed by atoms with Crippen LogP contribution in [0, 0.1) is 6.92 Å². The Hall–Kier alpha value is -1.30. The monoisotopic (exact) mass is 330 g/mol. The summed E-state index contributed by atoms with van der Waals surface area (Å²) in [5.41, 5.74) is 2.31. The van der Waals surface area contributed by atoms with Crippen LogP contribution >= 0.6 is 11.3 Å². The smallest absolute Gasteiger partial charge is 0.107 e. The topological polar surface area (TPSA) is 32.3 Å². The van der Waals surface area contributed by atoms with Crippen molar-refractivity contribution in [3.63, 3.8) is 0 Å². The fraction of sp³-hybridized carbons (Fsp3) is 0.556. The van der Waals surface area contributed by atoms with Crippen LogP contribution in [-0.2, 0) is 13.1 Å². The molecule has 0 N–H and O–H groups in total. The molecule has 0 unspecified atom stereocenters. The van der Waals surface area contributed by atoms with Gasteiger partial charge in [0.25, 0.3) is 0 Å². The Morgan fingerprint density at radius 3 is 2.96 bits per heavy atom. The van der Waals surface area contributed by atoms with Crippen LogP contribution in [0.25, 0.3) is 0 Å². The van der Waals surface area contributed by atoms with E-state index in [1.54, 1.807) is 11.3 Å². The summed E-state index contributed by atoms with van der Waals surface area (Å²) in [6.45, 7) is 6.37. The standard InChI is InChI=1S/C18H26N4S/c1-15-14-23-18(20-15)13-22-10-5-7-17(8-11-22)21(2)12-16-6-3-4-9-19-16/h3-4,6,9,14,17H,5,7-8,10-13H2,1-2H3/t17-/m1/s1. The minimum Gasteiger partial charge on any atom is -0.298 e. The quantitative estimate of drug-likeness (QED) is 0.842. The maximum atomic E-state index is 4.60. The van der Waals surface area contributed by atoms with E-state index < -0.39 is 0 Å². The van der Waals surface area contributed by atoms with Gasteiger partial charge < -0.3 is 0 Å². The van der Waals surface area contributed by atoms with Crippen LogP contribution in [-0.4, -0.2) is 45.9 Å². The lowest BCUT2D eigenvalue weighted by Crippen LogP contribution is -2.32. The van der Waals surface area contributed by atoms with Crippen molar-refractivity contribution in [2.24, 2.45) is 0 Å². The van der Waals surface area contributed by atoms with Crippen LogP contribution in [0.2, 0.25) is 0 Å². The Bertz CT molecular complexity index is 598. The van der Waals surface area contributed by atoms with Gasteiger partial charge in [0, 0.05) is 36.4 Å². The first kappa shape index (κ1) is 16.6. The number of hydrogen-bond donors (Lipinski definition) is 0. The summed E-state index contributed by atoms with van der Waals surface area (Å²) in [6.07, 6.45) is 5.65. The van der Waals surface area contributed by atoms with Crippen molar-refractivity contribution in [2.45, 2.75) is 45.3 Å². The molecule has 3 rings (SSSR count). The van der Waals surface area contributed by atoms with Crippen LogP contribution in [0.15, 0.2) is 29.8 Å². The summed E-state index contributed by atoms with van der Waals surface area (Å²) in [6, 6.07) is 6.82. The molecule has 3 heterocycles. The van der Waals surface area contributed by atoms with E-state index in [4.69, 9.17) is 0 Å². The zero-order valence-corrected chi connectivity index (χ0v) is 14.9. The Kier molecular flexibility index (Phi) is 5.75. The number of thiazole rings is 1. The molecule has 0 spiro atoms. The molecular formula is C18H26N4S. The van der Waals surface area contributed by atoms with Crippen molar-refractivity contribution in [1.29, 1.82) is 0 Å². The second-order valence-corrected chi connectivity index (χ2v) is 7.42. The van der Waals surface area contributed by atoms with Gasteiger partial charge in [-0.15, -0.1) is 11.3 Å².